The Morgan fingerprint density at radius 3 is 2.19 bits per heavy atom. The Bertz CT molecular complexity index is 1330. The van der Waals surface area contributed by atoms with Crippen molar-refractivity contribution in [1.82, 2.24) is 0 Å². The van der Waals surface area contributed by atoms with Crippen molar-refractivity contribution in [2.75, 3.05) is 6.26 Å². The Labute approximate surface area is 190 Å². The largest absolute Gasteiger partial charge is 0.423 e. The molecule has 0 heterocycles. The minimum atomic E-state index is -2.94. The van der Waals surface area contributed by atoms with Gasteiger partial charge in [0.25, 0.3) is 0 Å². The first-order valence-corrected chi connectivity index (χ1v) is 11.6. The summed E-state index contributed by atoms with van der Waals surface area (Å²) in [7, 11) is -2.94. The van der Waals surface area contributed by atoms with Crippen LogP contribution in [-0.4, -0.2) is 22.2 Å². The van der Waals surface area contributed by atoms with Crippen molar-refractivity contribution in [3.05, 3.63) is 107 Å². The fourth-order valence-electron chi connectivity index (χ4n) is 2.61. The predicted octanol–water partition coefficient (Wildman–Crippen LogP) is 5.31. The fraction of sp³-hybridized carbons (Fsp3) is 0.0417. The van der Waals surface area contributed by atoms with Crippen molar-refractivity contribution < 1.29 is 18.5 Å². The van der Waals surface area contributed by atoms with Crippen LogP contribution in [0.2, 0.25) is 5.02 Å². The summed E-state index contributed by atoms with van der Waals surface area (Å²) in [5, 5.41) is 9.81. The standard InChI is InChI=1S/C24H17ClN2O4S/c1-32(30,27-16-19(15-26)23(28)17-5-3-2-4-6-17)22-13-11-21(12-14-22)31-24(29)18-7-9-20(25)10-8-18/h2-14,16H,1H3/b19-16+. The quantitative estimate of drug-likeness (QED) is 0.162. The molecule has 0 aliphatic rings. The third-order valence-electron chi connectivity index (χ3n) is 4.34. The molecule has 3 rings (SSSR count). The van der Waals surface area contributed by atoms with E-state index in [2.05, 4.69) is 4.36 Å². The van der Waals surface area contributed by atoms with Crippen molar-refractivity contribution in [2.24, 2.45) is 4.36 Å². The van der Waals surface area contributed by atoms with E-state index in [0.717, 1.165) is 6.20 Å². The van der Waals surface area contributed by atoms with Gasteiger partial charge in [0.05, 0.1) is 21.5 Å². The molecule has 6 nitrogen and oxygen atoms in total. The molecule has 0 fully saturated rings. The summed E-state index contributed by atoms with van der Waals surface area (Å²) in [6.45, 7) is 0. The van der Waals surface area contributed by atoms with Gasteiger partial charge in [0.1, 0.15) is 17.4 Å². The van der Waals surface area contributed by atoms with Gasteiger partial charge in [0, 0.05) is 21.7 Å². The molecule has 0 aliphatic carbocycles. The second-order valence-electron chi connectivity index (χ2n) is 6.63. The lowest BCUT2D eigenvalue weighted by molar-refractivity contribution is 0.0734. The summed E-state index contributed by atoms with van der Waals surface area (Å²) < 4.78 is 22.3. The number of Topliss-reactive ketones (excluding diaryl/α,β-unsaturated/α-hetero) is 1. The maximum absolute atomic E-state index is 13.0. The number of rotatable bonds is 6. The van der Waals surface area contributed by atoms with Gasteiger partial charge in [-0.3, -0.25) is 4.79 Å². The lowest BCUT2D eigenvalue weighted by Gasteiger charge is -2.07. The van der Waals surface area contributed by atoms with Crippen LogP contribution in [0.1, 0.15) is 20.7 Å². The van der Waals surface area contributed by atoms with E-state index < -0.39 is 21.5 Å². The number of nitriles is 1. The van der Waals surface area contributed by atoms with Crippen LogP contribution in [0.5, 0.6) is 5.75 Å². The Hall–Kier alpha value is -3.73. The maximum Gasteiger partial charge on any atom is 0.343 e. The third-order valence-corrected chi connectivity index (χ3v) is 6.24. The Balaban J connectivity index is 1.78. The molecule has 0 amide bonds. The number of ether oxygens (including phenoxy) is 1. The van der Waals surface area contributed by atoms with Gasteiger partial charge >= 0.3 is 5.97 Å². The van der Waals surface area contributed by atoms with Crippen LogP contribution in [0.25, 0.3) is 0 Å². The minimum Gasteiger partial charge on any atom is -0.423 e. The average Bonchev–Trinajstić information content (AvgIpc) is 2.80. The monoisotopic (exact) mass is 464 g/mol. The molecule has 0 spiro atoms. The van der Waals surface area contributed by atoms with Crippen LogP contribution in [0.3, 0.4) is 0 Å². The number of esters is 1. The van der Waals surface area contributed by atoms with Crippen LogP contribution in [-0.2, 0) is 9.73 Å². The van der Waals surface area contributed by atoms with E-state index in [0.29, 0.717) is 21.0 Å². The van der Waals surface area contributed by atoms with Crippen molar-refractivity contribution >= 4 is 33.1 Å². The topological polar surface area (TPSA) is 96.6 Å². The number of nitrogens with zero attached hydrogens (tertiary/aromatic N) is 2. The van der Waals surface area contributed by atoms with Crippen LogP contribution in [0.4, 0.5) is 0 Å². The number of carbonyl (C=O) groups excluding carboxylic acids is 2. The van der Waals surface area contributed by atoms with Gasteiger partial charge in [-0.15, -0.1) is 0 Å². The van der Waals surface area contributed by atoms with Gasteiger partial charge in [-0.05, 0) is 48.5 Å². The van der Waals surface area contributed by atoms with Crippen LogP contribution in [0.15, 0.2) is 99.9 Å². The molecular weight excluding hydrogens is 448 g/mol. The van der Waals surface area contributed by atoms with Gasteiger partial charge in [0.2, 0.25) is 5.78 Å². The van der Waals surface area contributed by atoms with Crippen LogP contribution < -0.4 is 4.74 Å². The van der Waals surface area contributed by atoms with Crippen molar-refractivity contribution in [2.45, 2.75) is 4.90 Å². The Kier molecular flexibility index (Phi) is 7.21. The third kappa shape index (κ3) is 5.70. The molecule has 1 atom stereocenters. The second-order valence-corrected chi connectivity index (χ2v) is 9.35. The van der Waals surface area contributed by atoms with Gasteiger partial charge in [-0.25, -0.2) is 13.4 Å². The first-order valence-electron chi connectivity index (χ1n) is 9.29. The lowest BCUT2D eigenvalue weighted by Crippen LogP contribution is -2.08. The molecular formula is C24H17ClN2O4S. The molecule has 1 unspecified atom stereocenters. The second kappa shape index (κ2) is 10.1. The van der Waals surface area contributed by atoms with E-state index in [4.69, 9.17) is 16.3 Å². The van der Waals surface area contributed by atoms with E-state index in [1.54, 1.807) is 60.7 Å². The van der Waals surface area contributed by atoms with Gasteiger partial charge in [0.15, 0.2) is 0 Å². The van der Waals surface area contributed by atoms with Crippen molar-refractivity contribution in [1.29, 1.82) is 5.26 Å². The molecule has 0 bridgehead atoms. The van der Waals surface area contributed by atoms with Gasteiger partial charge in [-0.2, -0.15) is 5.26 Å². The zero-order valence-electron chi connectivity index (χ0n) is 16.9. The van der Waals surface area contributed by atoms with E-state index in [1.165, 1.54) is 30.5 Å². The van der Waals surface area contributed by atoms with Crippen molar-refractivity contribution in [3.8, 4) is 11.8 Å². The van der Waals surface area contributed by atoms with E-state index >= 15 is 0 Å². The highest BCUT2D eigenvalue weighted by atomic mass is 35.5. The molecule has 0 N–H and O–H groups in total. The average molecular weight is 465 g/mol. The molecule has 0 radical (unpaired) electrons. The number of halogens is 1. The molecule has 8 heteroatoms. The summed E-state index contributed by atoms with van der Waals surface area (Å²) in [5.41, 5.74) is 0.453. The Morgan fingerprint density at radius 2 is 1.59 bits per heavy atom. The molecule has 0 aromatic heterocycles. The predicted molar refractivity (Wildman–Crippen MR) is 122 cm³/mol. The summed E-state index contributed by atoms with van der Waals surface area (Å²) >= 11 is 5.81. The first-order chi connectivity index (χ1) is 15.3. The van der Waals surface area contributed by atoms with E-state index in [-0.39, 0.29) is 11.3 Å². The van der Waals surface area contributed by atoms with Crippen molar-refractivity contribution in [3.63, 3.8) is 0 Å². The number of benzene rings is 3. The van der Waals surface area contributed by atoms with Crippen LogP contribution in [0, 0.1) is 11.3 Å². The zero-order valence-corrected chi connectivity index (χ0v) is 18.5. The van der Waals surface area contributed by atoms with E-state index in [1.807, 2.05) is 0 Å². The van der Waals surface area contributed by atoms with Gasteiger partial charge < -0.3 is 4.74 Å². The molecule has 0 saturated heterocycles. The zero-order chi connectivity index (χ0) is 23.1. The molecule has 32 heavy (non-hydrogen) atoms. The molecule has 0 aliphatic heterocycles. The number of allylic oxidation sites excluding steroid dienone is 1. The Morgan fingerprint density at radius 1 is 0.969 bits per heavy atom. The summed E-state index contributed by atoms with van der Waals surface area (Å²) in [6.07, 6.45) is 2.42. The highest BCUT2D eigenvalue weighted by Crippen LogP contribution is 2.20. The smallest absolute Gasteiger partial charge is 0.343 e. The number of carbonyl (C=O) groups is 2. The maximum atomic E-state index is 13.0. The van der Waals surface area contributed by atoms with E-state index in [9.17, 15) is 19.1 Å². The summed E-state index contributed by atoms with van der Waals surface area (Å²) in [4.78, 5) is 25.0. The SMILES string of the molecule is CS(=O)(=N/C=C(\C#N)C(=O)c1ccccc1)c1ccc(OC(=O)c2ccc(Cl)cc2)cc1. The summed E-state index contributed by atoms with van der Waals surface area (Å²) in [6, 6.07) is 22.4. The highest BCUT2D eigenvalue weighted by molar-refractivity contribution is 7.93. The van der Waals surface area contributed by atoms with Crippen LogP contribution >= 0.6 is 11.6 Å². The molecule has 3 aromatic rings. The highest BCUT2D eigenvalue weighted by Gasteiger charge is 2.13. The summed E-state index contributed by atoms with van der Waals surface area (Å²) in [5.74, 6) is -0.801. The number of hydrogen-bond donors (Lipinski definition) is 0. The fourth-order valence-corrected chi connectivity index (χ4v) is 3.80. The van der Waals surface area contributed by atoms with Gasteiger partial charge in [-0.1, -0.05) is 41.9 Å². The number of hydrogen-bond acceptors (Lipinski definition) is 6. The first kappa shape index (κ1) is 22.9. The normalized spacial score (nSPS) is 12.8. The number of ketones is 1. The molecule has 0 saturated carbocycles. The lowest BCUT2D eigenvalue weighted by atomic mass is 10.1. The minimum absolute atomic E-state index is 0.223. The molecule has 3 aromatic carbocycles. The molecule has 160 valence electrons.